The van der Waals surface area contributed by atoms with Crippen LogP contribution in [-0.2, 0) is 27.3 Å². The minimum absolute atomic E-state index is 0.0248. The Balaban J connectivity index is 1.82. The van der Waals surface area contributed by atoms with Crippen LogP contribution in [0.15, 0.2) is 0 Å². The first-order chi connectivity index (χ1) is 10.6. The third kappa shape index (κ3) is 4.48. The quantitative estimate of drug-likeness (QED) is 0.827. The number of methoxy groups -OCH3 is 1. The van der Waals surface area contributed by atoms with E-state index in [4.69, 9.17) is 4.74 Å². The van der Waals surface area contributed by atoms with Crippen LogP contribution in [0.1, 0.15) is 29.8 Å². The van der Waals surface area contributed by atoms with Crippen molar-refractivity contribution in [3.05, 3.63) is 10.0 Å². The van der Waals surface area contributed by atoms with Crippen molar-refractivity contribution in [1.29, 1.82) is 0 Å². The van der Waals surface area contributed by atoms with Crippen LogP contribution in [0, 0.1) is 5.92 Å². The average Bonchev–Trinajstić information content (AvgIpc) is 3.01. The van der Waals surface area contributed by atoms with E-state index in [-0.39, 0.29) is 24.3 Å². The van der Waals surface area contributed by atoms with Gasteiger partial charge in [0.05, 0.1) is 12.5 Å². The van der Waals surface area contributed by atoms with Gasteiger partial charge < -0.3 is 15.0 Å². The lowest BCUT2D eigenvalue weighted by Gasteiger charge is -2.31. The summed E-state index contributed by atoms with van der Waals surface area (Å²) in [6, 6.07) is 0. The number of nitrogens with zero attached hydrogens (tertiary/aromatic N) is 3. The number of nitrogens with one attached hydrogen (secondary N) is 1. The second-order valence-electron chi connectivity index (χ2n) is 5.27. The van der Waals surface area contributed by atoms with Crippen LogP contribution >= 0.6 is 11.3 Å². The van der Waals surface area contributed by atoms with Gasteiger partial charge in [0.1, 0.15) is 16.6 Å². The number of aromatic nitrogens is 2. The van der Waals surface area contributed by atoms with Crippen molar-refractivity contribution in [2.75, 3.05) is 26.8 Å². The monoisotopic (exact) mass is 326 g/mol. The first-order valence-electron chi connectivity index (χ1n) is 7.49. The molecule has 2 amide bonds. The molecule has 2 heterocycles. The van der Waals surface area contributed by atoms with Crippen molar-refractivity contribution < 1.29 is 14.3 Å². The normalized spacial score (nSPS) is 18.3. The van der Waals surface area contributed by atoms with Crippen LogP contribution in [0.3, 0.4) is 0 Å². The molecular weight excluding hydrogens is 304 g/mol. The van der Waals surface area contributed by atoms with Crippen molar-refractivity contribution in [2.24, 2.45) is 5.92 Å². The van der Waals surface area contributed by atoms with E-state index >= 15 is 0 Å². The number of ether oxygens (including phenoxy) is 1. The van der Waals surface area contributed by atoms with Gasteiger partial charge in [-0.2, -0.15) is 0 Å². The highest BCUT2D eigenvalue weighted by molar-refractivity contribution is 7.11. The van der Waals surface area contributed by atoms with E-state index in [0.29, 0.717) is 19.6 Å². The van der Waals surface area contributed by atoms with E-state index in [9.17, 15) is 9.59 Å². The van der Waals surface area contributed by atoms with Gasteiger partial charge in [0.2, 0.25) is 11.8 Å². The van der Waals surface area contributed by atoms with Gasteiger partial charge in [-0.15, -0.1) is 10.2 Å². The highest BCUT2D eigenvalue weighted by atomic mass is 32.1. The Bertz CT molecular complexity index is 520. The second-order valence-corrected chi connectivity index (χ2v) is 6.42. The Labute approximate surface area is 134 Å². The summed E-state index contributed by atoms with van der Waals surface area (Å²) in [5.41, 5.74) is 0. The third-order valence-corrected chi connectivity index (χ3v) is 4.71. The molecule has 0 aromatic carbocycles. The molecule has 2 rings (SSSR count). The average molecular weight is 326 g/mol. The fourth-order valence-electron chi connectivity index (χ4n) is 2.44. The number of hydrogen-bond donors (Lipinski definition) is 1. The number of aryl methyl sites for hydroxylation is 1. The topological polar surface area (TPSA) is 84.4 Å². The lowest BCUT2D eigenvalue weighted by atomic mass is 9.97. The van der Waals surface area contributed by atoms with Crippen molar-refractivity contribution >= 4 is 23.2 Å². The third-order valence-electron chi connectivity index (χ3n) is 3.64. The summed E-state index contributed by atoms with van der Waals surface area (Å²) < 4.78 is 4.87. The van der Waals surface area contributed by atoms with E-state index in [2.05, 4.69) is 15.5 Å². The molecule has 1 aliphatic rings. The summed E-state index contributed by atoms with van der Waals surface area (Å²) in [6.45, 7) is 3.65. The maximum Gasteiger partial charge on any atom is 0.248 e. The minimum atomic E-state index is -0.159. The van der Waals surface area contributed by atoms with Crippen LogP contribution in [-0.4, -0.2) is 53.7 Å². The molecular formula is C14H22N4O3S. The van der Waals surface area contributed by atoms with Gasteiger partial charge in [-0.1, -0.05) is 18.3 Å². The number of carbonyl (C=O) groups excluding carboxylic acids is 2. The molecule has 22 heavy (non-hydrogen) atoms. The molecule has 0 aliphatic carbocycles. The summed E-state index contributed by atoms with van der Waals surface area (Å²) in [5, 5.41) is 12.8. The fourth-order valence-corrected chi connectivity index (χ4v) is 3.17. The van der Waals surface area contributed by atoms with Gasteiger partial charge in [0.15, 0.2) is 0 Å². The Morgan fingerprint density at radius 2 is 2.18 bits per heavy atom. The first kappa shape index (κ1) is 16.8. The Kier molecular flexibility index (Phi) is 6.26. The van der Waals surface area contributed by atoms with Crippen molar-refractivity contribution in [2.45, 2.75) is 32.7 Å². The van der Waals surface area contributed by atoms with E-state index in [0.717, 1.165) is 29.3 Å². The second kappa shape index (κ2) is 8.19. The van der Waals surface area contributed by atoms with Crippen LogP contribution < -0.4 is 5.32 Å². The molecule has 7 nitrogen and oxygen atoms in total. The van der Waals surface area contributed by atoms with Crippen molar-refractivity contribution in [3.8, 4) is 0 Å². The van der Waals surface area contributed by atoms with Crippen molar-refractivity contribution in [1.82, 2.24) is 20.4 Å². The van der Waals surface area contributed by atoms with Gasteiger partial charge in [-0.3, -0.25) is 9.59 Å². The zero-order valence-corrected chi connectivity index (χ0v) is 13.8. The molecule has 1 N–H and O–H groups in total. The smallest absolute Gasteiger partial charge is 0.248 e. The van der Waals surface area contributed by atoms with Crippen LogP contribution in [0.5, 0.6) is 0 Å². The molecule has 1 aromatic rings. The standard InChI is InChI=1S/C14H22N4O3S/c1-3-11-16-17-12(22-11)7-15-14(20)10-5-4-6-18(8-10)13(19)9-21-2/h10H,3-9H2,1-2H3,(H,15,20)/t10-/m0/s1. The van der Waals surface area contributed by atoms with Gasteiger partial charge in [-0.05, 0) is 19.3 Å². The SMILES string of the molecule is CCc1nnc(CNC(=O)[C@H]2CCCN(C(=O)COC)C2)s1. The lowest BCUT2D eigenvalue weighted by Crippen LogP contribution is -2.46. The zero-order valence-electron chi connectivity index (χ0n) is 13.0. The van der Waals surface area contributed by atoms with Gasteiger partial charge >= 0.3 is 0 Å². The lowest BCUT2D eigenvalue weighted by molar-refractivity contribution is -0.139. The molecule has 0 saturated carbocycles. The fraction of sp³-hybridized carbons (Fsp3) is 0.714. The summed E-state index contributed by atoms with van der Waals surface area (Å²) >= 11 is 1.52. The highest BCUT2D eigenvalue weighted by Crippen LogP contribution is 2.17. The Morgan fingerprint density at radius 1 is 1.41 bits per heavy atom. The predicted molar refractivity (Wildman–Crippen MR) is 82.3 cm³/mol. The molecule has 8 heteroatoms. The number of likely N-dealkylation sites (tertiary alicyclic amines) is 1. The van der Waals surface area contributed by atoms with Crippen LogP contribution in [0.4, 0.5) is 0 Å². The number of hydrogen-bond acceptors (Lipinski definition) is 6. The van der Waals surface area contributed by atoms with Crippen molar-refractivity contribution in [3.63, 3.8) is 0 Å². The van der Waals surface area contributed by atoms with Crippen LogP contribution in [0.25, 0.3) is 0 Å². The van der Waals surface area contributed by atoms with Gasteiger partial charge in [-0.25, -0.2) is 0 Å². The minimum Gasteiger partial charge on any atom is -0.375 e. The van der Waals surface area contributed by atoms with Crippen LogP contribution in [0.2, 0.25) is 0 Å². The summed E-state index contributed by atoms with van der Waals surface area (Å²) in [5.74, 6) is -0.243. The molecule has 1 atom stereocenters. The molecule has 122 valence electrons. The van der Waals surface area contributed by atoms with E-state index in [1.165, 1.54) is 18.4 Å². The summed E-state index contributed by atoms with van der Waals surface area (Å²) in [4.78, 5) is 25.8. The molecule has 0 radical (unpaired) electrons. The highest BCUT2D eigenvalue weighted by Gasteiger charge is 2.28. The molecule has 1 fully saturated rings. The molecule has 1 aromatic heterocycles. The van der Waals surface area contributed by atoms with Gasteiger partial charge in [0, 0.05) is 20.2 Å². The van der Waals surface area contributed by atoms with E-state index in [1.807, 2.05) is 6.92 Å². The van der Waals surface area contributed by atoms with E-state index in [1.54, 1.807) is 4.90 Å². The zero-order chi connectivity index (χ0) is 15.9. The Hall–Kier alpha value is -1.54. The summed E-state index contributed by atoms with van der Waals surface area (Å²) in [6.07, 6.45) is 2.50. The first-order valence-corrected chi connectivity index (χ1v) is 8.31. The molecule has 0 bridgehead atoms. The predicted octanol–water partition coefficient (Wildman–Crippen LogP) is 0.602. The Morgan fingerprint density at radius 3 is 2.86 bits per heavy atom. The molecule has 0 spiro atoms. The molecule has 1 saturated heterocycles. The van der Waals surface area contributed by atoms with E-state index < -0.39 is 0 Å². The number of piperidine rings is 1. The number of rotatable bonds is 6. The van der Waals surface area contributed by atoms with Gasteiger partial charge in [0.25, 0.3) is 0 Å². The molecule has 0 unspecified atom stereocenters. The summed E-state index contributed by atoms with van der Waals surface area (Å²) in [7, 11) is 1.50. The largest absolute Gasteiger partial charge is 0.375 e. The maximum absolute atomic E-state index is 12.2. The number of amides is 2. The molecule has 1 aliphatic heterocycles. The maximum atomic E-state index is 12.2. The number of carbonyl (C=O) groups is 2.